The fraction of sp³-hybridized carbons (Fsp3) is 0.130. The van der Waals surface area contributed by atoms with Crippen LogP contribution in [0.4, 0.5) is 0 Å². The Morgan fingerprint density at radius 2 is 1.28 bits per heavy atom. The standard InChI is InChI=1S/C23H18S2/c1-14(2)16-8-10-18-20(12-16)24-23-19-11-9-17(13-21(19)25-22(18)23)15-6-4-3-5-7-15/h3-14H,1-2H3. The lowest BCUT2D eigenvalue weighted by molar-refractivity contribution is 0.869. The first-order chi connectivity index (χ1) is 12.2. The predicted octanol–water partition coefficient (Wildman–Crippen LogP) is 8.06. The molecule has 122 valence electrons. The molecule has 25 heavy (non-hydrogen) atoms. The van der Waals surface area contributed by atoms with Crippen molar-refractivity contribution >= 4 is 52.2 Å². The minimum absolute atomic E-state index is 0.578. The van der Waals surface area contributed by atoms with E-state index in [-0.39, 0.29) is 0 Å². The molecule has 0 nitrogen and oxygen atoms in total. The molecule has 2 heterocycles. The summed E-state index contributed by atoms with van der Waals surface area (Å²) < 4.78 is 5.69. The van der Waals surface area contributed by atoms with Gasteiger partial charge in [-0.25, -0.2) is 0 Å². The van der Waals surface area contributed by atoms with Crippen LogP contribution in [0, 0.1) is 0 Å². The molecule has 0 bridgehead atoms. The summed E-state index contributed by atoms with van der Waals surface area (Å²) >= 11 is 3.87. The molecule has 3 aromatic carbocycles. The van der Waals surface area contributed by atoms with E-state index in [1.807, 2.05) is 22.7 Å². The molecular weight excluding hydrogens is 340 g/mol. The smallest absolute Gasteiger partial charge is 0.0542 e. The second-order valence-corrected chi connectivity index (χ2v) is 8.95. The molecule has 0 aliphatic carbocycles. The van der Waals surface area contributed by atoms with Crippen molar-refractivity contribution < 1.29 is 0 Å². The van der Waals surface area contributed by atoms with Crippen molar-refractivity contribution in [3.8, 4) is 11.1 Å². The summed E-state index contributed by atoms with van der Waals surface area (Å²) in [5.74, 6) is 0.578. The minimum atomic E-state index is 0.578. The lowest BCUT2D eigenvalue weighted by atomic mass is 10.0. The van der Waals surface area contributed by atoms with E-state index in [2.05, 4.69) is 80.6 Å². The second kappa shape index (κ2) is 5.69. The molecule has 0 aliphatic rings. The van der Waals surface area contributed by atoms with Gasteiger partial charge in [0.1, 0.15) is 0 Å². The summed E-state index contributed by atoms with van der Waals surface area (Å²) in [4.78, 5) is 0. The molecule has 2 heteroatoms. The van der Waals surface area contributed by atoms with Crippen LogP contribution in [0.2, 0.25) is 0 Å². The Labute approximate surface area is 155 Å². The van der Waals surface area contributed by atoms with Crippen LogP contribution >= 0.6 is 22.7 Å². The summed E-state index contributed by atoms with van der Waals surface area (Å²) in [6.45, 7) is 4.52. The molecule has 2 aromatic heterocycles. The van der Waals surface area contributed by atoms with Crippen molar-refractivity contribution in [2.75, 3.05) is 0 Å². The zero-order valence-electron chi connectivity index (χ0n) is 14.2. The van der Waals surface area contributed by atoms with Gasteiger partial charge in [0.25, 0.3) is 0 Å². The summed E-state index contributed by atoms with van der Waals surface area (Å²) in [6, 6.07) is 24.5. The Morgan fingerprint density at radius 3 is 1.96 bits per heavy atom. The highest BCUT2D eigenvalue weighted by Gasteiger charge is 2.13. The normalized spacial score (nSPS) is 12.0. The van der Waals surface area contributed by atoms with E-state index < -0.39 is 0 Å². The van der Waals surface area contributed by atoms with Crippen molar-refractivity contribution in [2.24, 2.45) is 0 Å². The van der Waals surface area contributed by atoms with Gasteiger partial charge in [0.2, 0.25) is 0 Å². The Hall–Kier alpha value is -2.16. The summed E-state index contributed by atoms with van der Waals surface area (Å²) in [6.07, 6.45) is 0. The van der Waals surface area contributed by atoms with Gasteiger partial charge in [0, 0.05) is 20.2 Å². The zero-order valence-corrected chi connectivity index (χ0v) is 15.9. The first-order valence-electron chi connectivity index (χ1n) is 8.65. The number of hydrogen-bond donors (Lipinski definition) is 0. The minimum Gasteiger partial charge on any atom is -0.134 e. The van der Waals surface area contributed by atoms with Crippen molar-refractivity contribution in [1.82, 2.24) is 0 Å². The predicted molar refractivity (Wildman–Crippen MR) is 114 cm³/mol. The maximum Gasteiger partial charge on any atom is 0.0542 e. The van der Waals surface area contributed by atoms with Gasteiger partial charge in [-0.1, -0.05) is 68.4 Å². The van der Waals surface area contributed by atoms with Crippen LogP contribution in [0.25, 0.3) is 40.7 Å². The third-order valence-electron chi connectivity index (χ3n) is 4.88. The van der Waals surface area contributed by atoms with E-state index in [0.717, 1.165) is 0 Å². The van der Waals surface area contributed by atoms with Crippen molar-refractivity contribution in [3.63, 3.8) is 0 Å². The monoisotopic (exact) mass is 358 g/mol. The molecule has 0 saturated heterocycles. The van der Waals surface area contributed by atoms with E-state index in [1.165, 1.54) is 46.3 Å². The Kier molecular flexibility index (Phi) is 3.44. The van der Waals surface area contributed by atoms with Crippen LogP contribution in [0.5, 0.6) is 0 Å². The number of rotatable bonds is 2. The summed E-state index contributed by atoms with van der Waals surface area (Å²) in [5, 5.41) is 2.80. The maximum atomic E-state index is 2.38. The largest absolute Gasteiger partial charge is 0.134 e. The first-order valence-corrected chi connectivity index (χ1v) is 10.3. The van der Waals surface area contributed by atoms with Gasteiger partial charge in [-0.05, 0) is 34.7 Å². The molecule has 0 atom stereocenters. The van der Waals surface area contributed by atoms with Crippen molar-refractivity contribution in [2.45, 2.75) is 19.8 Å². The van der Waals surface area contributed by atoms with Gasteiger partial charge < -0.3 is 0 Å². The lowest BCUT2D eigenvalue weighted by Gasteiger charge is -2.04. The van der Waals surface area contributed by atoms with Crippen LogP contribution in [-0.4, -0.2) is 0 Å². The number of thiophene rings is 2. The van der Waals surface area contributed by atoms with Gasteiger partial charge >= 0.3 is 0 Å². The number of hydrogen-bond acceptors (Lipinski definition) is 2. The van der Waals surface area contributed by atoms with Gasteiger partial charge in [-0.15, -0.1) is 22.7 Å². The van der Waals surface area contributed by atoms with E-state index in [0.29, 0.717) is 5.92 Å². The van der Waals surface area contributed by atoms with Crippen LogP contribution in [0.1, 0.15) is 25.3 Å². The average Bonchev–Trinajstić information content (AvgIpc) is 3.17. The highest BCUT2D eigenvalue weighted by atomic mass is 32.1. The van der Waals surface area contributed by atoms with E-state index in [9.17, 15) is 0 Å². The van der Waals surface area contributed by atoms with E-state index >= 15 is 0 Å². The quantitative estimate of drug-likeness (QED) is 0.299. The second-order valence-electron chi connectivity index (χ2n) is 6.85. The third-order valence-corrected chi connectivity index (χ3v) is 7.38. The molecule has 0 N–H and O–H groups in total. The fourth-order valence-corrected chi connectivity index (χ4v) is 6.18. The van der Waals surface area contributed by atoms with Gasteiger partial charge in [0.05, 0.1) is 9.40 Å². The Morgan fingerprint density at radius 1 is 0.640 bits per heavy atom. The highest BCUT2D eigenvalue weighted by molar-refractivity contribution is 7.36. The molecule has 0 spiro atoms. The Balaban J connectivity index is 1.73. The molecule has 0 aliphatic heterocycles. The van der Waals surface area contributed by atoms with Gasteiger partial charge in [-0.2, -0.15) is 0 Å². The molecule has 0 unspecified atom stereocenters. The molecular formula is C23H18S2. The fourth-order valence-electron chi connectivity index (χ4n) is 3.44. The average molecular weight is 359 g/mol. The topological polar surface area (TPSA) is 0 Å². The van der Waals surface area contributed by atoms with Crippen molar-refractivity contribution in [3.05, 3.63) is 72.3 Å². The Bertz CT molecular complexity index is 1210. The highest BCUT2D eigenvalue weighted by Crippen LogP contribution is 2.45. The zero-order chi connectivity index (χ0) is 17.0. The SMILES string of the molecule is CC(C)c1ccc2c(c1)sc1c3ccc(-c4ccccc4)cc3sc21. The number of benzene rings is 3. The molecule has 0 amide bonds. The van der Waals surface area contributed by atoms with Crippen LogP contribution in [-0.2, 0) is 0 Å². The molecule has 0 radical (unpaired) electrons. The first kappa shape index (κ1) is 15.1. The van der Waals surface area contributed by atoms with Crippen LogP contribution in [0.3, 0.4) is 0 Å². The molecule has 0 fully saturated rings. The number of fused-ring (bicyclic) bond motifs is 5. The van der Waals surface area contributed by atoms with Crippen LogP contribution < -0.4 is 0 Å². The van der Waals surface area contributed by atoms with E-state index in [4.69, 9.17) is 0 Å². The maximum absolute atomic E-state index is 2.38. The van der Waals surface area contributed by atoms with Gasteiger partial charge in [-0.3, -0.25) is 0 Å². The molecule has 5 aromatic rings. The van der Waals surface area contributed by atoms with Crippen LogP contribution in [0.15, 0.2) is 66.7 Å². The third kappa shape index (κ3) is 2.40. The molecule has 0 saturated carbocycles. The van der Waals surface area contributed by atoms with Gasteiger partial charge in [0.15, 0.2) is 0 Å². The summed E-state index contributed by atoms with van der Waals surface area (Å²) in [7, 11) is 0. The lowest BCUT2D eigenvalue weighted by Crippen LogP contribution is -1.84. The van der Waals surface area contributed by atoms with Crippen molar-refractivity contribution in [1.29, 1.82) is 0 Å². The van der Waals surface area contributed by atoms with E-state index in [1.54, 1.807) is 0 Å². The molecule has 5 rings (SSSR count). The summed E-state index contributed by atoms with van der Waals surface area (Å²) in [5.41, 5.74) is 4.01.